The smallest absolute Gasteiger partial charge is 0.139 e. The maximum Gasteiger partial charge on any atom is 0.139 e. The van der Waals surface area contributed by atoms with Crippen molar-refractivity contribution in [2.24, 2.45) is 0 Å². The van der Waals surface area contributed by atoms with Crippen LogP contribution in [0, 0.1) is 0 Å². The van der Waals surface area contributed by atoms with Gasteiger partial charge in [0.25, 0.3) is 0 Å². The Kier molecular flexibility index (Phi) is 4.04. The summed E-state index contributed by atoms with van der Waals surface area (Å²) in [5, 5.41) is 2.21. The van der Waals surface area contributed by atoms with Crippen LogP contribution in [0.5, 0.6) is 11.5 Å². The first kappa shape index (κ1) is 20.1. The van der Waals surface area contributed by atoms with E-state index in [1.165, 1.54) is 22.3 Å². The lowest BCUT2D eigenvalue weighted by atomic mass is 9.62. The highest BCUT2D eigenvalue weighted by molar-refractivity contribution is 9.10. The second kappa shape index (κ2) is 7.22. The van der Waals surface area contributed by atoms with Gasteiger partial charge in [-0.25, -0.2) is 0 Å². The topological polar surface area (TPSA) is 22.4 Å². The number of ether oxygens (including phenoxy) is 1. The van der Waals surface area contributed by atoms with Crippen LogP contribution in [0.1, 0.15) is 33.4 Å². The van der Waals surface area contributed by atoms with Crippen LogP contribution in [-0.2, 0) is 5.41 Å². The molecule has 0 saturated heterocycles. The average Bonchev–Trinajstić information content (AvgIpc) is 3.20. The van der Waals surface area contributed by atoms with Crippen molar-refractivity contribution in [3.05, 3.63) is 141 Å². The SMILES string of the molecule is Brc1ccc2c(c1)C=Cc1ccccc1C21c2ccccc2Oc2cc3oc4ccccc4c3cc21. The summed E-state index contributed by atoms with van der Waals surface area (Å²) in [7, 11) is 0. The van der Waals surface area contributed by atoms with Gasteiger partial charge in [-0.3, -0.25) is 0 Å². The Labute approximate surface area is 216 Å². The molecule has 5 aromatic carbocycles. The summed E-state index contributed by atoms with van der Waals surface area (Å²) >= 11 is 3.71. The van der Waals surface area contributed by atoms with Crippen LogP contribution in [0.25, 0.3) is 34.1 Å². The maximum absolute atomic E-state index is 6.61. The van der Waals surface area contributed by atoms with Crippen LogP contribution in [0.15, 0.2) is 112 Å². The van der Waals surface area contributed by atoms with Crippen molar-refractivity contribution < 1.29 is 9.15 Å². The summed E-state index contributed by atoms with van der Waals surface area (Å²) in [5.41, 5.74) is 8.28. The molecule has 170 valence electrons. The zero-order valence-corrected chi connectivity index (χ0v) is 20.8. The van der Waals surface area contributed by atoms with Crippen molar-refractivity contribution in [3.63, 3.8) is 0 Å². The fourth-order valence-electron chi connectivity index (χ4n) is 6.16. The molecule has 1 unspecified atom stereocenters. The van der Waals surface area contributed by atoms with Gasteiger partial charge in [-0.2, -0.15) is 0 Å². The highest BCUT2D eigenvalue weighted by Gasteiger charge is 2.48. The lowest BCUT2D eigenvalue weighted by Gasteiger charge is -2.42. The van der Waals surface area contributed by atoms with Crippen molar-refractivity contribution in [1.82, 2.24) is 0 Å². The number of rotatable bonds is 0. The molecule has 2 nitrogen and oxygen atoms in total. The summed E-state index contributed by atoms with van der Waals surface area (Å²) in [6.07, 6.45) is 4.47. The quantitative estimate of drug-likeness (QED) is 0.196. The summed E-state index contributed by atoms with van der Waals surface area (Å²) in [6.45, 7) is 0. The van der Waals surface area contributed by atoms with Gasteiger partial charge in [0.1, 0.15) is 22.7 Å². The minimum Gasteiger partial charge on any atom is -0.457 e. The van der Waals surface area contributed by atoms with Gasteiger partial charge in [0, 0.05) is 32.4 Å². The standard InChI is InChI=1S/C33H19BrO2/c34-22-15-16-26-21(17-22)14-13-20-7-1-3-9-25(20)33(26)27-10-4-6-12-30(27)36-32-19-31-24(18-28(32)33)23-8-2-5-11-29(23)35-31/h1-19H. The van der Waals surface area contributed by atoms with Crippen LogP contribution in [0.3, 0.4) is 0 Å². The van der Waals surface area contributed by atoms with E-state index < -0.39 is 5.41 Å². The lowest BCUT2D eigenvalue weighted by Crippen LogP contribution is -2.35. The van der Waals surface area contributed by atoms with E-state index in [1.807, 2.05) is 18.2 Å². The Morgan fingerprint density at radius 3 is 2.22 bits per heavy atom. The zero-order valence-electron chi connectivity index (χ0n) is 19.2. The molecule has 1 aliphatic heterocycles. The molecule has 1 aromatic heterocycles. The van der Waals surface area contributed by atoms with Gasteiger partial charge in [-0.05, 0) is 52.6 Å². The monoisotopic (exact) mass is 526 g/mol. The first-order valence-electron chi connectivity index (χ1n) is 12.0. The van der Waals surface area contributed by atoms with Gasteiger partial charge in [0.05, 0.1) is 5.41 Å². The number of hydrogen-bond acceptors (Lipinski definition) is 2. The number of para-hydroxylation sites is 2. The predicted molar refractivity (Wildman–Crippen MR) is 149 cm³/mol. The normalized spacial score (nSPS) is 17.2. The molecule has 0 N–H and O–H groups in total. The van der Waals surface area contributed by atoms with E-state index in [1.54, 1.807) is 0 Å². The van der Waals surface area contributed by atoms with E-state index in [9.17, 15) is 0 Å². The van der Waals surface area contributed by atoms with Gasteiger partial charge in [-0.1, -0.05) is 94.8 Å². The zero-order chi connectivity index (χ0) is 23.9. The maximum atomic E-state index is 6.61. The fourth-order valence-corrected chi connectivity index (χ4v) is 6.54. The Balaban J connectivity index is 1.61. The number of fused-ring (bicyclic) bond motifs is 11. The number of furan rings is 1. The summed E-state index contributed by atoms with van der Waals surface area (Å²) in [6, 6.07) is 36.4. The molecule has 2 aliphatic rings. The largest absolute Gasteiger partial charge is 0.457 e. The molecule has 0 saturated carbocycles. The minimum absolute atomic E-state index is 0.563. The predicted octanol–water partition coefficient (Wildman–Crippen LogP) is 9.32. The van der Waals surface area contributed by atoms with Gasteiger partial charge in [0.15, 0.2) is 0 Å². The Morgan fingerprint density at radius 2 is 1.28 bits per heavy atom. The molecular formula is C33H19BrO2. The molecule has 2 heterocycles. The lowest BCUT2D eigenvalue weighted by molar-refractivity contribution is 0.434. The van der Waals surface area contributed by atoms with Crippen molar-refractivity contribution in [2.45, 2.75) is 5.41 Å². The Morgan fingerprint density at radius 1 is 0.528 bits per heavy atom. The minimum atomic E-state index is -0.563. The number of benzene rings is 5. The third kappa shape index (κ3) is 2.56. The van der Waals surface area contributed by atoms with Crippen LogP contribution < -0.4 is 4.74 Å². The van der Waals surface area contributed by atoms with Gasteiger partial charge >= 0.3 is 0 Å². The Bertz CT molecular complexity index is 1890. The summed E-state index contributed by atoms with van der Waals surface area (Å²) in [4.78, 5) is 0. The molecule has 6 aromatic rings. The molecule has 0 fully saturated rings. The van der Waals surface area contributed by atoms with E-state index in [0.717, 1.165) is 49.0 Å². The fraction of sp³-hybridized carbons (Fsp3) is 0.0303. The third-order valence-corrected chi connectivity index (χ3v) is 8.11. The third-order valence-electron chi connectivity index (χ3n) is 7.62. The molecule has 1 aliphatic carbocycles. The summed E-state index contributed by atoms with van der Waals surface area (Å²) < 4.78 is 13.9. The van der Waals surface area contributed by atoms with Gasteiger partial charge < -0.3 is 9.15 Å². The van der Waals surface area contributed by atoms with E-state index in [4.69, 9.17) is 9.15 Å². The van der Waals surface area contributed by atoms with Crippen molar-refractivity contribution in [2.75, 3.05) is 0 Å². The van der Waals surface area contributed by atoms with Gasteiger partial charge in [0.2, 0.25) is 0 Å². The van der Waals surface area contributed by atoms with Crippen LogP contribution in [0.2, 0.25) is 0 Å². The molecule has 0 amide bonds. The van der Waals surface area contributed by atoms with Crippen molar-refractivity contribution >= 4 is 50.0 Å². The molecule has 3 heteroatoms. The molecule has 1 atom stereocenters. The molecule has 8 rings (SSSR count). The first-order chi connectivity index (χ1) is 17.7. The first-order valence-corrected chi connectivity index (χ1v) is 12.8. The van der Waals surface area contributed by atoms with Crippen LogP contribution in [0.4, 0.5) is 0 Å². The van der Waals surface area contributed by atoms with E-state index in [0.29, 0.717) is 0 Å². The second-order valence-corrected chi connectivity index (χ2v) is 10.4. The second-order valence-electron chi connectivity index (χ2n) is 9.44. The van der Waals surface area contributed by atoms with Crippen molar-refractivity contribution in [1.29, 1.82) is 0 Å². The number of halogens is 1. The molecular weight excluding hydrogens is 508 g/mol. The highest BCUT2D eigenvalue weighted by atomic mass is 79.9. The van der Waals surface area contributed by atoms with Gasteiger partial charge in [-0.15, -0.1) is 0 Å². The van der Waals surface area contributed by atoms with Crippen LogP contribution in [-0.4, -0.2) is 0 Å². The number of hydrogen-bond donors (Lipinski definition) is 0. The molecule has 1 spiro atoms. The molecule has 0 bridgehead atoms. The average molecular weight is 527 g/mol. The summed E-state index contributed by atoms with van der Waals surface area (Å²) in [5.74, 6) is 1.69. The molecule has 36 heavy (non-hydrogen) atoms. The van der Waals surface area contributed by atoms with Crippen LogP contribution >= 0.6 is 15.9 Å². The van der Waals surface area contributed by atoms with E-state index >= 15 is 0 Å². The Hall–Kier alpha value is -4.08. The molecule has 0 radical (unpaired) electrons. The van der Waals surface area contributed by atoms with Crippen molar-refractivity contribution in [3.8, 4) is 11.5 Å². The highest BCUT2D eigenvalue weighted by Crippen LogP contribution is 2.58. The van der Waals surface area contributed by atoms with E-state index in [-0.39, 0.29) is 0 Å². The van der Waals surface area contributed by atoms with E-state index in [2.05, 4.69) is 113 Å².